The highest BCUT2D eigenvalue weighted by atomic mass is 16.5. The van der Waals surface area contributed by atoms with E-state index in [0.29, 0.717) is 25.5 Å². The molecular formula is C15H24N4O2. The van der Waals surface area contributed by atoms with E-state index in [1.807, 2.05) is 18.0 Å². The smallest absolute Gasteiger partial charge is 0.223 e. The molecule has 0 spiro atoms. The van der Waals surface area contributed by atoms with Crippen molar-refractivity contribution in [2.75, 3.05) is 45.3 Å². The van der Waals surface area contributed by atoms with Crippen LogP contribution < -0.4 is 4.90 Å². The summed E-state index contributed by atoms with van der Waals surface area (Å²) in [6.45, 7) is 5.03. The minimum absolute atomic E-state index is 0.207. The maximum atomic E-state index is 11.9. The van der Waals surface area contributed by atoms with Gasteiger partial charge in [-0.05, 0) is 18.9 Å². The number of nitrogens with zero attached hydrogens (tertiary/aromatic N) is 4. The number of anilines is 1. The van der Waals surface area contributed by atoms with Crippen molar-refractivity contribution in [3.63, 3.8) is 0 Å². The van der Waals surface area contributed by atoms with Gasteiger partial charge in [0.1, 0.15) is 11.6 Å². The van der Waals surface area contributed by atoms with E-state index in [2.05, 4.69) is 21.8 Å². The fourth-order valence-corrected chi connectivity index (χ4v) is 2.53. The maximum absolute atomic E-state index is 11.9. The van der Waals surface area contributed by atoms with Crippen molar-refractivity contribution in [2.24, 2.45) is 5.92 Å². The number of hydrogen-bond acceptors (Lipinski definition) is 5. The molecule has 0 aromatic carbocycles. The zero-order chi connectivity index (χ0) is 15.2. The molecule has 1 aliphatic rings. The van der Waals surface area contributed by atoms with Gasteiger partial charge in [0.15, 0.2) is 0 Å². The molecule has 1 saturated heterocycles. The Morgan fingerprint density at radius 2 is 2.33 bits per heavy atom. The highest BCUT2D eigenvalue weighted by Crippen LogP contribution is 2.21. The lowest BCUT2D eigenvalue weighted by Gasteiger charge is -2.17. The molecular weight excluding hydrogens is 268 g/mol. The average Bonchev–Trinajstić information content (AvgIpc) is 2.84. The molecule has 1 atom stereocenters. The fraction of sp³-hybridized carbons (Fsp3) is 0.667. The van der Waals surface area contributed by atoms with Crippen molar-refractivity contribution in [1.29, 1.82) is 0 Å². The number of aromatic nitrogens is 2. The number of carbonyl (C=O) groups is 1. The molecule has 0 bridgehead atoms. The maximum Gasteiger partial charge on any atom is 0.223 e. The third-order valence-electron chi connectivity index (χ3n) is 3.89. The molecule has 1 aromatic rings. The van der Waals surface area contributed by atoms with E-state index in [1.54, 1.807) is 13.3 Å². The van der Waals surface area contributed by atoms with Gasteiger partial charge in [-0.1, -0.05) is 0 Å². The lowest BCUT2D eigenvalue weighted by molar-refractivity contribution is -0.128. The van der Waals surface area contributed by atoms with Gasteiger partial charge in [0.05, 0.1) is 6.61 Å². The monoisotopic (exact) mass is 292 g/mol. The van der Waals surface area contributed by atoms with Gasteiger partial charge in [0.25, 0.3) is 0 Å². The first-order valence-corrected chi connectivity index (χ1v) is 7.43. The van der Waals surface area contributed by atoms with Crippen molar-refractivity contribution < 1.29 is 9.53 Å². The van der Waals surface area contributed by atoms with Crippen LogP contribution in [-0.4, -0.2) is 61.2 Å². The average molecular weight is 292 g/mol. The summed E-state index contributed by atoms with van der Waals surface area (Å²) in [5.74, 6) is 2.26. The van der Waals surface area contributed by atoms with Gasteiger partial charge in [0, 0.05) is 52.8 Å². The van der Waals surface area contributed by atoms with Crippen LogP contribution >= 0.6 is 0 Å². The highest BCUT2D eigenvalue weighted by molar-refractivity contribution is 5.78. The summed E-state index contributed by atoms with van der Waals surface area (Å²) in [5, 5.41) is 0. The first kappa shape index (κ1) is 15.7. The molecule has 1 fully saturated rings. The molecule has 1 aliphatic heterocycles. The summed E-state index contributed by atoms with van der Waals surface area (Å²) >= 11 is 0. The molecule has 0 aliphatic carbocycles. The van der Waals surface area contributed by atoms with Crippen LogP contribution in [0.25, 0.3) is 0 Å². The van der Waals surface area contributed by atoms with Crippen LogP contribution in [0.4, 0.5) is 5.82 Å². The van der Waals surface area contributed by atoms with E-state index in [1.165, 1.54) is 0 Å². The molecule has 2 heterocycles. The molecule has 116 valence electrons. The van der Waals surface area contributed by atoms with Crippen molar-refractivity contribution in [2.45, 2.75) is 19.8 Å². The number of likely N-dealkylation sites (tertiary alicyclic amines) is 1. The van der Waals surface area contributed by atoms with Crippen LogP contribution in [0, 0.1) is 5.92 Å². The third-order valence-corrected chi connectivity index (χ3v) is 3.89. The predicted molar refractivity (Wildman–Crippen MR) is 81.2 cm³/mol. The summed E-state index contributed by atoms with van der Waals surface area (Å²) in [6.07, 6.45) is 3.13. The zero-order valence-electron chi connectivity index (χ0n) is 13.1. The Morgan fingerprint density at radius 1 is 1.52 bits per heavy atom. The van der Waals surface area contributed by atoms with Gasteiger partial charge in [-0.3, -0.25) is 4.79 Å². The topological polar surface area (TPSA) is 58.6 Å². The molecule has 0 saturated carbocycles. The first-order chi connectivity index (χ1) is 10.1. The number of rotatable bonds is 7. The Kier molecular flexibility index (Phi) is 5.50. The largest absolute Gasteiger partial charge is 0.383 e. The highest BCUT2D eigenvalue weighted by Gasteiger charge is 2.29. The van der Waals surface area contributed by atoms with Crippen molar-refractivity contribution in [1.82, 2.24) is 14.9 Å². The first-order valence-electron chi connectivity index (χ1n) is 7.43. The number of amides is 1. The Labute approximate surface area is 126 Å². The Hall–Kier alpha value is -1.69. The van der Waals surface area contributed by atoms with Crippen LogP contribution in [0.5, 0.6) is 0 Å². The number of hydrogen-bond donors (Lipinski definition) is 0. The molecule has 6 heteroatoms. The Morgan fingerprint density at radius 3 is 3.05 bits per heavy atom. The van der Waals surface area contributed by atoms with E-state index in [0.717, 1.165) is 31.2 Å². The Bertz CT molecular complexity index is 480. The lowest BCUT2D eigenvalue weighted by atomic mass is 10.0. The van der Waals surface area contributed by atoms with Crippen molar-refractivity contribution in [3.05, 3.63) is 18.1 Å². The van der Waals surface area contributed by atoms with Gasteiger partial charge in [-0.15, -0.1) is 0 Å². The van der Waals surface area contributed by atoms with E-state index in [-0.39, 0.29) is 5.91 Å². The second kappa shape index (κ2) is 7.36. The van der Waals surface area contributed by atoms with Crippen LogP contribution in [0.3, 0.4) is 0 Å². The number of methoxy groups -OCH3 is 1. The van der Waals surface area contributed by atoms with E-state index in [9.17, 15) is 4.79 Å². The van der Waals surface area contributed by atoms with Crippen LogP contribution in [0.15, 0.2) is 12.3 Å². The van der Waals surface area contributed by atoms with Crippen molar-refractivity contribution in [3.8, 4) is 0 Å². The van der Waals surface area contributed by atoms with Gasteiger partial charge in [-0.2, -0.15) is 0 Å². The number of ether oxygens (including phenoxy) is 1. The minimum atomic E-state index is 0.207. The molecule has 21 heavy (non-hydrogen) atoms. The van der Waals surface area contributed by atoms with E-state index >= 15 is 0 Å². The van der Waals surface area contributed by atoms with E-state index in [4.69, 9.17) is 4.74 Å². The number of carbonyl (C=O) groups excluding carboxylic acids is 1. The molecule has 1 unspecified atom stereocenters. The van der Waals surface area contributed by atoms with Gasteiger partial charge < -0.3 is 14.5 Å². The summed E-state index contributed by atoms with van der Waals surface area (Å²) in [6, 6.07) is 1.91. The van der Waals surface area contributed by atoms with Gasteiger partial charge in [0.2, 0.25) is 5.91 Å². The lowest BCUT2D eigenvalue weighted by Crippen LogP contribution is -2.29. The van der Waals surface area contributed by atoms with E-state index < -0.39 is 0 Å². The summed E-state index contributed by atoms with van der Waals surface area (Å²) in [4.78, 5) is 24.8. The predicted octanol–water partition coefficient (Wildman–Crippen LogP) is 0.970. The van der Waals surface area contributed by atoms with Gasteiger partial charge in [-0.25, -0.2) is 9.97 Å². The fourth-order valence-electron chi connectivity index (χ4n) is 2.53. The normalized spacial score (nSPS) is 18.3. The second-order valence-corrected chi connectivity index (χ2v) is 5.45. The molecule has 0 N–H and O–H groups in total. The SMILES string of the molecule is CCN(C)c1ccnc(CC2CC(=O)N(CCOC)C2)n1. The van der Waals surface area contributed by atoms with Gasteiger partial charge >= 0.3 is 0 Å². The van der Waals surface area contributed by atoms with Crippen LogP contribution in [0.1, 0.15) is 19.2 Å². The minimum Gasteiger partial charge on any atom is -0.383 e. The molecule has 0 radical (unpaired) electrons. The summed E-state index contributed by atoms with van der Waals surface area (Å²) in [5.41, 5.74) is 0. The third kappa shape index (κ3) is 4.14. The van der Waals surface area contributed by atoms with Crippen LogP contribution in [-0.2, 0) is 16.0 Å². The summed E-state index contributed by atoms with van der Waals surface area (Å²) in [7, 11) is 3.67. The summed E-state index contributed by atoms with van der Waals surface area (Å²) < 4.78 is 5.04. The molecule has 1 amide bonds. The quantitative estimate of drug-likeness (QED) is 0.749. The van der Waals surface area contributed by atoms with Crippen molar-refractivity contribution >= 4 is 11.7 Å². The second-order valence-electron chi connectivity index (χ2n) is 5.45. The zero-order valence-corrected chi connectivity index (χ0v) is 13.1. The van der Waals surface area contributed by atoms with Crippen LogP contribution in [0.2, 0.25) is 0 Å². The molecule has 6 nitrogen and oxygen atoms in total. The Balaban J connectivity index is 1.95. The standard InChI is InChI=1S/C15H24N4O2/c1-4-18(2)14-5-6-16-13(17-14)9-12-10-15(20)19(11-12)7-8-21-3/h5-6,12H,4,7-11H2,1-3H3. The molecule has 1 aromatic heterocycles. The molecule has 2 rings (SSSR count).